The second kappa shape index (κ2) is 6.62. The number of hydrogen-bond acceptors (Lipinski definition) is 6. The van der Waals surface area contributed by atoms with Crippen LogP contribution in [0.5, 0.6) is 5.88 Å². The molecule has 0 unspecified atom stereocenters. The normalized spacial score (nSPS) is 11.4. The van der Waals surface area contributed by atoms with Gasteiger partial charge in [-0.25, -0.2) is 19.5 Å². The Labute approximate surface area is 164 Å². The van der Waals surface area contributed by atoms with Crippen molar-refractivity contribution in [2.75, 3.05) is 7.11 Å². The quantitative estimate of drug-likeness (QED) is 0.440. The van der Waals surface area contributed by atoms with Crippen molar-refractivity contribution in [3.63, 3.8) is 0 Å². The van der Waals surface area contributed by atoms with Gasteiger partial charge >= 0.3 is 0 Å². The largest absolute Gasteiger partial charge is 0.479 e. The minimum atomic E-state index is -0.504. The van der Waals surface area contributed by atoms with Gasteiger partial charge in [-0.1, -0.05) is 0 Å². The van der Waals surface area contributed by atoms with Crippen LogP contribution in [-0.4, -0.2) is 41.2 Å². The zero-order valence-corrected chi connectivity index (χ0v) is 15.7. The average molecular weight is 389 g/mol. The van der Waals surface area contributed by atoms with Crippen LogP contribution >= 0.6 is 0 Å². The maximum atomic E-state index is 13.5. The van der Waals surface area contributed by atoms with E-state index in [0.29, 0.717) is 18.1 Å². The first-order chi connectivity index (χ1) is 14.1. The van der Waals surface area contributed by atoms with Gasteiger partial charge in [0.25, 0.3) is 0 Å². The molecule has 9 heteroatoms. The molecular weight excluding hydrogens is 373 g/mol. The van der Waals surface area contributed by atoms with E-state index in [9.17, 15) is 4.39 Å². The first-order valence-corrected chi connectivity index (χ1v) is 8.94. The average Bonchev–Trinajstić information content (AvgIpc) is 3.29. The van der Waals surface area contributed by atoms with Gasteiger partial charge in [0.05, 0.1) is 12.6 Å². The van der Waals surface area contributed by atoms with Crippen molar-refractivity contribution in [3.8, 4) is 17.0 Å². The van der Waals surface area contributed by atoms with Crippen molar-refractivity contribution in [2.24, 2.45) is 0 Å². The van der Waals surface area contributed by atoms with Crippen molar-refractivity contribution >= 4 is 16.7 Å². The van der Waals surface area contributed by atoms with Gasteiger partial charge < -0.3 is 9.30 Å². The minimum absolute atomic E-state index is 0.468. The van der Waals surface area contributed by atoms with Crippen LogP contribution in [-0.2, 0) is 6.54 Å². The number of pyridine rings is 2. The monoisotopic (exact) mass is 389 g/mol. The van der Waals surface area contributed by atoms with Gasteiger partial charge in [0.2, 0.25) is 11.8 Å². The van der Waals surface area contributed by atoms with Crippen molar-refractivity contribution < 1.29 is 9.13 Å². The summed E-state index contributed by atoms with van der Waals surface area (Å²) in [6.45, 7) is 2.37. The molecule has 0 fully saturated rings. The molecule has 5 aromatic heterocycles. The van der Waals surface area contributed by atoms with Gasteiger partial charge in [-0.3, -0.25) is 0 Å². The fourth-order valence-electron chi connectivity index (χ4n) is 3.50. The minimum Gasteiger partial charge on any atom is -0.479 e. The molecule has 0 saturated carbocycles. The number of nitrogens with zero attached hydrogens (tertiary/aromatic N) is 7. The molecule has 0 amide bonds. The second-order valence-electron chi connectivity index (χ2n) is 6.59. The first-order valence-electron chi connectivity index (χ1n) is 8.94. The molecule has 0 aliphatic rings. The highest BCUT2D eigenvalue weighted by molar-refractivity contribution is 5.87. The lowest BCUT2D eigenvalue weighted by molar-refractivity contribution is 0.399. The molecule has 5 rings (SSSR count). The summed E-state index contributed by atoms with van der Waals surface area (Å²) in [6, 6.07) is 7.17. The number of ether oxygens (including phenoxy) is 1. The van der Waals surface area contributed by atoms with Gasteiger partial charge in [0.1, 0.15) is 17.7 Å². The van der Waals surface area contributed by atoms with Crippen molar-refractivity contribution in [3.05, 3.63) is 66.5 Å². The van der Waals surface area contributed by atoms with E-state index < -0.39 is 5.95 Å². The lowest BCUT2D eigenvalue weighted by Gasteiger charge is -2.08. The van der Waals surface area contributed by atoms with Crippen LogP contribution in [0.4, 0.5) is 4.39 Å². The van der Waals surface area contributed by atoms with Crippen LogP contribution in [0.25, 0.3) is 27.8 Å². The van der Waals surface area contributed by atoms with E-state index in [4.69, 9.17) is 4.74 Å². The summed E-state index contributed by atoms with van der Waals surface area (Å²) >= 11 is 0. The smallest absolute Gasteiger partial charge is 0.241 e. The molecule has 5 heterocycles. The highest BCUT2D eigenvalue weighted by Gasteiger charge is 2.16. The van der Waals surface area contributed by atoms with E-state index >= 15 is 0 Å². The van der Waals surface area contributed by atoms with E-state index in [1.807, 2.05) is 29.8 Å². The van der Waals surface area contributed by atoms with Crippen molar-refractivity contribution in [1.29, 1.82) is 0 Å². The van der Waals surface area contributed by atoms with E-state index in [1.165, 1.54) is 18.6 Å². The number of aryl methyl sites for hydroxylation is 1. The molecule has 5 aromatic rings. The molecule has 0 bridgehead atoms. The van der Waals surface area contributed by atoms with Crippen molar-refractivity contribution in [2.45, 2.75) is 13.5 Å². The zero-order valence-electron chi connectivity index (χ0n) is 15.7. The fraction of sp³-hybridized carbons (Fsp3) is 0.150. The first kappa shape index (κ1) is 17.2. The molecule has 8 nitrogen and oxygen atoms in total. The molecule has 0 aromatic carbocycles. The Morgan fingerprint density at radius 3 is 2.86 bits per heavy atom. The van der Waals surface area contributed by atoms with Gasteiger partial charge in [0, 0.05) is 36.3 Å². The maximum absolute atomic E-state index is 13.5. The van der Waals surface area contributed by atoms with Crippen molar-refractivity contribution in [1.82, 2.24) is 34.1 Å². The number of rotatable bonds is 4. The number of imidazole rings is 1. The Balaban J connectivity index is 1.66. The molecule has 0 spiro atoms. The van der Waals surface area contributed by atoms with E-state index in [2.05, 4.69) is 25.0 Å². The number of hydrogen-bond donors (Lipinski definition) is 0. The molecule has 0 aliphatic carbocycles. The third kappa shape index (κ3) is 2.87. The maximum Gasteiger partial charge on any atom is 0.241 e. The van der Waals surface area contributed by atoms with Crippen LogP contribution in [0, 0.1) is 12.9 Å². The van der Waals surface area contributed by atoms with Crippen LogP contribution in [0.15, 0.2) is 49.2 Å². The Morgan fingerprint density at radius 2 is 2.03 bits per heavy atom. The summed E-state index contributed by atoms with van der Waals surface area (Å²) < 4.78 is 22.6. The number of fused-ring (bicyclic) bond motifs is 2. The Hall–Kier alpha value is -3.88. The van der Waals surface area contributed by atoms with Crippen LogP contribution in [0.1, 0.15) is 11.4 Å². The Morgan fingerprint density at radius 1 is 1.14 bits per heavy atom. The van der Waals surface area contributed by atoms with Crippen LogP contribution in [0.2, 0.25) is 0 Å². The molecule has 0 aliphatic heterocycles. The van der Waals surface area contributed by atoms with Crippen LogP contribution in [0.3, 0.4) is 0 Å². The lowest BCUT2D eigenvalue weighted by atomic mass is 10.1. The van der Waals surface area contributed by atoms with E-state index in [0.717, 1.165) is 33.5 Å². The third-order valence-electron chi connectivity index (χ3n) is 4.85. The molecular formula is C20H16FN7O. The van der Waals surface area contributed by atoms with E-state index in [1.54, 1.807) is 23.9 Å². The Bertz CT molecular complexity index is 1360. The predicted octanol–water partition coefficient (Wildman–Crippen LogP) is 3.04. The molecule has 0 saturated heterocycles. The van der Waals surface area contributed by atoms with Gasteiger partial charge in [-0.15, -0.1) is 0 Å². The predicted molar refractivity (Wildman–Crippen MR) is 104 cm³/mol. The highest BCUT2D eigenvalue weighted by Crippen LogP contribution is 2.31. The fourth-order valence-corrected chi connectivity index (χ4v) is 3.50. The molecule has 0 N–H and O–H groups in total. The number of aromatic nitrogens is 7. The van der Waals surface area contributed by atoms with Gasteiger partial charge in [-0.2, -0.15) is 14.5 Å². The summed E-state index contributed by atoms with van der Waals surface area (Å²) in [5, 5.41) is 4.23. The third-order valence-corrected chi connectivity index (χ3v) is 4.85. The summed E-state index contributed by atoms with van der Waals surface area (Å²) in [6.07, 6.45) is 6.53. The summed E-state index contributed by atoms with van der Waals surface area (Å²) in [7, 11) is 1.58. The topological polar surface area (TPSA) is 83.0 Å². The standard InChI is InChI=1S/C20H16FN7O/c1-12-26-19-16(27(12)10-13-3-5-22-17(21)7-13)8-14(9-23-19)15-4-6-28-18(15)20(29-2)24-11-25-28/h3-9,11H,10H2,1-2H3. The second-order valence-corrected chi connectivity index (χ2v) is 6.59. The summed E-state index contributed by atoms with van der Waals surface area (Å²) in [5.74, 6) is 0.775. The number of halogens is 1. The molecule has 0 radical (unpaired) electrons. The highest BCUT2D eigenvalue weighted by atomic mass is 19.1. The van der Waals surface area contributed by atoms with Gasteiger partial charge in [0.15, 0.2) is 5.65 Å². The molecule has 0 atom stereocenters. The SMILES string of the molecule is COc1ncnn2ccc(-c3cnc4nc(C)n(Cc5ccnc(F)c5)c4c3)c12. The number of methoxy groups -OCH3 is 1. The van der Waals surface area contributed by atoms with Gasteiger partial charge in [-0.05, 0) is 36.8 Å². The van der Waals surface area contributed by atoms with E-state index in [-0.39, 0.29) is 0 Å². The summed E-state index contributed by atoms with van der Waals surface area (Å²) in [5.41, 5.74) is 4.83. The Kier molecular flexibility index (Phi) is 3.94. The zero-order chi connectivity index (χ0) is 20.0. The lowest BCUT2D eigenvalue weighted by Crippen LogP contribution is -2.03. The molecule has 29 heavy (non-hydrogen) atoms. The molecule has 144 valence electrons. The van der Waals surface area contributed by atoms with Crippen LogP contribution < -0.4 is 4.74 Å². The summed E-state index contributed by atoms with van der Waals surface area (Å²) in [4.78, 5) is 16.9.